The maximum absolute atomic E-state index is 11.2. The van der Waals surface area contributed by atoms with Gasteiger partial charge in [0.15, 0.2) is 0 Å². The van der Waals surface area contributed by atoms with Gasteiger partial charge in [-0.15, -0.1) is 11.3 Å². The Balaban J connectivity index is 2.26. The summed E-state index contributed by atoms with van der Waals surface area (Å²) in [5.74, 6) is -0.174. The number of aromatic nitrogens is 1. The zero-order chi connectivity index (χ0) is 11.5. The van der Waals surface area contributed by atoms with E-state index < -0.39 is 0 Å². The van der Waals surface area contributed by atoms with Gasteiger partial charge in [0.25, 0.3) is 0 Å². The summed E-state index contributed by atoms with van der Waals surface area (Å²) in [7, 11) is 0. The van der Waals surface area contributed by atoms with Crippen LogP contribution in [0.4, 0.5) is 0 Å². The van der Waals surface area contributed by atoms with Gasteiger partial charge in [0.1, 0.15) is 5.01 Å². The van der Waals surface area contributed by atoms with Gasteiger partial charge in [-0.2, -0.15) is 0 Å². The van der Waals surface area contributed by atoms with Crippen LogP contribution in [0.25, 0.3) is 10.2 Å². The van der Waals surface area contributed by atoms with E-state index in [0.29, 0.717) is 0 Å². The zero-order valence-corrected chi connectivity index (χ0v) is 9.75. The first-order chi connectivity index (χ1) is 7.70. The molecule has 1 heterocycles. The number of nitrogens with zero attached hydrogens (tertiary/aromatic N) is 1. The van der Waals surface area contributed by atoms with Crippen LogP contribution in [0.3, 0.4) is 0 Å². The molecule has 1 amide bonds. The SMILES string of the molecule is C=CC(=O)NC(C)c1nc2ccccc2s1. The third-order valence-electron chi connectivity index (χ3n) is 2.23. The molecule has 4 heteroatoms. The lowest BCUT2D eigenvalue weighted by atomic mass is 10.3. The Kier molecular flexibility index (Phi) is 3.01. The highest BCUT2D eigenvalue weighted by molar-refractivity contribution is 7.18. The normalized spacial score (nSPS) is 12.3. The van der Waals surface area contributed by atoms with E-state index in [1.54, 1.807) is 11.3 Å². The van der Waals surface area contributed by atoms with Gasteiger partial charge in [-0.1, -0.05) is 18.7 Å². The maximum atomic E-state index is 11.2. The molecule has 0 saturated carbocycles. The van der Waals surface area contributed by atoms with Crippen molar-refractivity contribution in [1.82, 2.24) is 10.3 Å². The van der Waals surface area contributed by atoms with Gasteiger partial charge in [-0.3, -0.25) is 4.79 Å². The van der Waals surface area contributed by atoms with Crippen molar-refractivity contribution in [3.05, 3.63) is 41.9 Å². The molecule has 0 radical (unpaired) electrons. The van der Waals surface area contributed by atoms with Crippen molar-refractivity contribution in [2.24, 2.45) is 0 Å². The third-order valence-corrected chi connectivity index (χ3v) is 3.44. The minimum Gasteiger partial charge on any atom is -0.344 e. The lowest BCUT2D eigenvalue weighted by Gasteiger charge is -2.08. The molecular weight excluding hydrogens is 220 g/mol. The van der Waals surface area contributed by atoms with E-state index in [1.807, 2.05) is 31.2 Å². The van der Waals surface area contributed by atoms with E-state index >= 15 is 0 Å². The molecule has 0 spiro atoms. The summed E-state index contributed by atoms with van der Waals surface area (Å²) in [6.07, 6.45) is 1.27. The molecule has 2 aromatic rings. The Morgan fingerprint density at radius 1 is 1.56 bits per heavy atom. The maximum Gasteiger partial charge on any atom is 0.243 e. The van der Waals surface area contributed by atoms with E-state index in [9.17, 15) is 4.79 Å². The van der Waals surface area contributed by atoms with Crippen LogP contribution in [0.1, 0.15) is 18.0 Å². The van der Waals surface area contributed by atoms with Gasteiger partial charge in [-0.25, -0.2) is 4.98 Å². The summed E-state index contributed by atoms with van der Waals surface area (Å²) in [5, 5.41) is 3.71. The minimum atomic E-state index is -0.174. The molecule has 0 fully saturated rings. The Bertz CT molecular complexity index is 500. The smallest absolute Gasteiger partial charge is 0.243 e. The van der Waals surface area contributed by atoms with Gasteiger partial charge in [0, 0.05) is 0 Å². The predicted octanol–water partition coefficient (Wildman–Crippen LogP) is 2.66. The molecule has 0 bridgehead atoms. The van der Waals surface area contributed by atoms with Gasteiger partial charge >= 0.3 is 0 Å². The van der Waals surface area contributed by atoms with E-state index in [1.165, 1.54) is 6.08 Å². The van der Waals surface area contributed by atoms with Crippen LogP contribution in [-0.4, -0.2) is 10.9 Å². The first kappa shape index (κ1) is 10.8. The number of para-hydroxylation sites is 1. The average molecular weight is 232 g/mol. The number of carbonyl (C=O) groups is 1. The number of benzene rings is 1. The van der Waals surface area contributed by atoms with E-state index in [0.717, 1.165) is 15.2 Å². The fraction of sp³-hybridized carbons (Fsp3) is 0.167. The second-order valence-corrected chi connectivity index (χ2v) is 4.52. The topological polar surface area (TPSA) is 42.0 Å². The molecular formula is C12H12N2OS. The summed E-state index contributed by atoms with van der Waals surface area (Å²) < 4.78 is 1.14. The van der Waals surface area contributed by atoms with Crippen LogP contribution in [0, 0.1) is 0 Å². The van der Waals surface area contributed by atoms with Gasteiger partial charge in [0.2, 0.25) is 5.91 Å². The van der Waals surface area contributed by atoms with E-state index in [-0.39, 0.29) is 11.9 Å². The lowest BCUT2D eigenvalue weighted by molar-refractivity contribution is -0.117. The number of nitrogens with one attached hydrogen (secondary N) is 1. The van der Waals surface area contributed by atoms with Crippen molar-refractivity contribution < 1.29 is 4.79 Å². The summed E-state index contributed by atoms with van der Waals surface area (Å²) in [4.78, 5) is 15.6. The molecule has 1 N–H and O–H groups in total. The monoisotopic (exact) mass is 232 g/mol. The molecule has 0 aliphatic rings. The molecule has 0 saturated heterocycles. The molecule has 1 atom stereocenters. The first-order valence-corrected chi connectivity index (χ1v) is 5.81. The summed E-state index contributed by atoms with van der Waals surface area (Å²) >= 11 is 1.60. The minimum absolute atomic E-state index is 0.0806. The molecule has 2 rings (SSSR count). The number of hydrogen-bond acceptors (Lipinski definition) is 3. The van der Waals surface area contributed by atoms with E-state index in [4.69, 9.17) is 0 Å². The van der Waals surface area contributed by atoms with Crippen LogP contribution in [0.5, 0.6) is 0 Å². The van der Waals surface area contributed by atoms with Crippen molar-refractivity contribution in [1.29, 1.82) is 0 Å². The Morgan fingerprint density at radius 3 is 3.00 bits per heavy atom. The highest BCUT2D eigenvalue weighted by atomic mass is 32.1. The summed E-state index contributed by atoms with van der Waals surface area (Å²) in [6, 6.07) is 7.86. The van der Waals surface area contributed by atoms with Crippen LogP contribution in [0.15, 0.2) is 36.9 Å². The van der Waals surface area contributed by atoms with Crippen molar-refractivity contribution in [3.8, 4) is 0 Å². The number of fused-ring (bicyclic) bond motifs is 1. The predicted molar refractivity (Wildman–Crippen MR) is 66.4 cm³/mol. The van der Waals surface area contributed by atoms with Gasteiger partial charge < -0.3 is 5.32 Å². The fourth-order valence-corrected chi connectivity index (χ4v) is 2.38. The first-order valence-electron chi connectivity index (χ1n) is 4.99. The lowest BCUT2D eigenvalue weighted by Crippen LogP contribution is -2.24. The summed E-state index contributed by atoms with van der Waals surface area (Å²) in [5.41, 5.74) is 0.974. The molecule has 1 unspecified atom stereocenters. The standard InChI is InChI=1S/C12H12N2OS/c1-3-11(15)13-8(2)12-14-9-6-4-5-7-10(9)16-12/h3-8H,1H2,2H3,(H,13,15). The molecule has 16 heavy (non-hydrogen) atoms. The third kappa shape index (κ3) is 2.12. The highest BCUT2D eigenvalue weighted by Gasteiger charge is 2.12. The number of rotatable bonds is 3. The van der Waals surface area contributed by atoms with Crippen molar-refractivity contribution in [2.45, 2.75) is 13.0 Å². The number of thiazole rings is 1. The Morgan fingerprint density at radius 2 is 2.31 bits per heavy atom. The number of amides is 1. The van der Waals surface area contributed by atoms with Crippen LogP contribution >= 0.6 is 11.3 Å². The molecule has 1 aromatic heterocycles. The van der Waals surface area contributed by atoms with E-state index in [2.05, 4.69) is 16.9 Å². The van der Waals surface area contributed by atoms with Gasteiger partial charge in [-0.05, 0) is 25.1 Å². The van der Waals surface area contributed by atoms with Crippen LogP contribution in [-0.2, 0) is 4.79 Å². The quantitative estimate of drug-likeness (QED) is 0.827. The number of carbonyl (C=O) groups excluding carboxylic acids is 1. The Hall–Kier alpha value is -1.68. The van der Waals surface area contributed by atoms with Crippen LogP contribution < -0.4 is 5.32 Å². The fourth-order valence-electron chi connectivity index (χ4n) is 1.41. The molecule has 0 aliphatic heterocycles. The van der Waals surface area contributed by atoms with Crippen molar-refractivity contribution >= 4 is 27.5 Å². The average Bonchev–Trinajstić information content (AvgIpc) is 2.72. The second-order valence-electron chi connectivity index (χ2n) is 3.45. The van der Waals surface area contributed by atoms with Crippen molar-refractivity contribution in [2.75, 3.05) is 0 Å². The zero-order valence-electron chi connectivity index (χ0n) is 8.93. The number of hydrogen-bond donors (Lipinski definition) is 1. The molecule has 1 aromatic carbocycles. The molecule has 82 valence electrons. The molecule has 3 nitrogen and oxygen atoms in total. The summed E-state index contributed by atoms with van der Waals surface area (Å²) in [6.45, 7) is 5.34. The largest absolute Gasteiger partial charge is 0.344 e. The highest BCUT2D eigenvalue weighted by Crippen LogP contribution is 2.25. The van der Waals surface area contributed by atoms with Crippen molar-refractivity contribution in [3.63, 3.8) is 0 Å². The van der Waals surface area contributed by atoms with Gasteiger partial charge in [0.05, 0.1) is 16.3 Å². The second kappa shape index (κ2) is 4.45. The van der Waals surface area contributed by atoms with Crippen LogP contribution in [0.2, 0.25) is 0 Å². The molecule has 0 aliphatic carbocycles. The Labute approximate surface area is 97.8 Å².